The van der Waals surface area contributed by atoms with Crippen LogP contribution in [0.3, 0.4) is 0 Å². The Morgan fingerprint density at radius 2 is 2.14 bits per heavy atom. The minimum absolute atomic E-state index is 0.232. The highest BCUT2D eigenvalue weighted by atomic mass is 79.9. The number of rotatable bonds is 3. The highest BCUT2D eigenvalue weighted by Gasteiger charge is 2.14. The van der Waals surface area contributed by atoms with Gasteiger partial charge in [-0.2, -0.15) is 10.2 Å². The number of fused-ring (bicyclic) bond motifs is 1. The number of carbonyl (C=O) groups excluding carboxylic acids is 1. The van der Waals surface area contributed by atoms with Crippen LogP contribution >= 0.6 is 15.9 Å². The van der Waals surface area contributed by atoms with Gasteiger partial charge < -0.3 is 5.32 Å². The maximum Gasteiger partial charge on any atom is 0.272 e. The topological polar surface area (TPSA) is 77.1 Å². The van der Waals surface area contributed by atoms with Gasteiger partial charge in [0.1, 0.15) is 0 Å². The second-order valence-electron chi connectivity index (χ2n) is 5.06. The van der Waals surface area contributed by atoms with Crippen LogP contribution in [0.15, 0.2) is 22.9 Å². The predicted molar refractivity (Wildman–Crippen MR) is 84.5 cm³/mol. The first-order valence-electron chi connectivity index (χ1n) is 6.74. The van der Waals surface area contributed by atoms with E-state index in [0.29, 0.717) is 17.9 Å². The third kappa shape index (κ3) is 2.61. The summed E-state index contributed by atoms with van der Waals surface area (Å²) >= 11 is 3.33. The van der Waals surface area contributed by atoms with Crippen molar-refractivity contribution in [3.05, 3.63) is 45.6 Å². The molecule has 0 aliphatic rings. The summed E-state index contributed by atoms with van der Waals surface area (Å²) < 4.78 is 4.18. The highest BCUT2D eigenvalue weighted by molar-refractivity contribution is 9.10. The number of nitrogens with one attached hydrogen (secondary N) is 1. The quantitative estimate of drug-likeness (QED) is 0.770. The minimum atomic E-state index is -0.232. The summed E-state index contributed by atoms with van der Waals surface area (Å²) in [7, 11) is 1.89. The Labute approximate surface area is 135 Å². The SMILES string of the molecule is Cc1nn(C)c(C)c1CNC(=O)c1cc2ncc(Br)cn2n1. The zero-order valence-electron chi connectivity index (χ0n) is 12.5. The van der Waals surface area contributed by atoms with Crippen molar-refractivity contribution in [2.45, 2.75) is 20.4 Å². The summed E-state index contributed by atoms with van der Waals surface area (Å²) in [6.45, 7) is 4.34. The van der Waals surface area contributed by atoms with E-state index in [1.165, 1.54) is 0 Å². The number of aromatic nitrogens is 5. The van der Waals surface area contributed by atoms with E-state index in [9.17, 15) is 4.79 Å². The fraction of sp³-hybridized carbons (Fsp3) is 0.286. The van der Waals surface area contributed by atoms with Gasteiger partial charge in [0.2, 0.25) is 0 Å². The number of hydrogen-bond donors (Lipinski definition) is 1. The van der Waals surface area contributed by atoms with Crippen LogP contribution in [0.5, 0.6) is 0 Å². The van der Waals surface area contributed by atoms with Crippen molar-refractivity contribution in [3.63, 3.8) is 0 Å². The Kier molecular flexibility index (Phi) is 3.69. The fourth-order valence-electron chi connectivity index (χ4n) is 2.30. The minimum Gasteiger partial charge on any atom is -0.346 e. The summed E-state index contributed by atoms with van der Waals surface area (Å²) in [5.74, 6) is -0.232. The molecule has 3 aromatic heterocycles. The van der Waals surface area contributed by atoms with E-state index in [2.05, 4.69) is 36.4 Å². The molecule has 114 valence electrons. The van der Waals surface area contributed by atoms with Crippen molar-refractivity contribution in [2.75, 3.05) is 0 Å². The molecule has 0 saturated heterocycles. The van der Waals surface area contributed by atoms with E-state index in [1.807, 2.05) is 25.6 Å². The van der Waals surface area contributed by atoms with Gasteiger partial charge in [0, 0.05) is 43.3 Å². The van der Waals surface area contributed by atoms with Gasteiger partial charge in [0.15, 0.2) is 11.3 Å². The largest absolute Gasteiger partial charge is 0.346 e. The van der Waals surface area contributed by atoms with Crippen molar-refractivity contribution in [3.8, 4) is 0 Å². The van der Waals surface area contributed by atoms with E-state index in [-0.39, 0.29) is 5.91 Å². The molecule has 0 spiro atoms. The molecular formula is C14H15BrN6O. The van der Waals surface area contributed by atoms with E-state index < -0.39 is 0 Å². The summed E-state index contributed by atoms with van der Waals surface area (Å²) in [6.07, 6.45) is 3.43. The number of nitrogens with zero attached hydrogens (tertiary/aromatic N) is 5. The molecule has 0 aliphatic heterocycles. The maximum absolute atomic E-state index is 12.2. The third-order valence-electron chi connectivity index (χ3n) is 3.60. The number of aryl methyl sites for hydroxylation is 2. The maximum atomic E-state index is 12.2. The van der Waals surface area contributed by atoms with Crippen molar-refractivity contribution in [1.82, 2.24) is 29.7 Å². The lowest BCUT2D eigenvalue weighted by atomic mass is 10.2. The number of amides is 1. The van der Waals surface area contributed by atoms with Crippen molar-refractivity contribution >= 4 is 27.5 Å². The van der Waals surface area contributed by atoms with Crippen LogP contribution in [0.2, 0.25) is 0 Å². The molecule has 0 atom stereocenters. The summed E-state index contributed by atoms with van der Waals surface area (Å²) in [5, 5.41) is 11.4. The molecule has 0 radical (unpaired) electrons. The normalized spacial score (nSPS) is 11.1. The van der Waals surface area contributed by atoms with Gasteiger partial charge in [-0.15, -0.1) is 0 Å². The number of halogens is 1. The van der Waals surface area contributed by atoms with Crippen LogP contribution in [0, 0.1) is 13.8 Å². The molecule has 8 heteroatoms. The lowest BCUT2D eigenvalue weighted by molar-refractivity contribution is 0.0945. The van der Waals surface area contributed by atoms with Crippen molar-refractivity contribution in [1.29, 1.82) is 0 Å². The average molecular weight is 363 g/mol. The average Bonchev–Trinajstić information content (AvgIpc) is 2.99. The molecule has 0 aromatic carbocycles. The Balaban J connectivity index is 1.78. The summed E-state index contributed by atoms with van der Waals surface area (Å²) in [4.78, 5) is 16.4. The molecule has 0 fully saturated rings. The summed E-state index contributed by atoms with van der Waals surface area (Å²) in [5.41, 5.74) is 3.95. The molecule has 1 N–H and O–H groups in total. The van der Waals surface area contributed by atoms with E-state index in [0.717, 1.165) is 21.4 Å². The molecule has 0 unspecified atom stereocenters. The van der Waals surface area contributed by atoms with E-state index >= 15 is 0 Å². The lowest BCUT2D eigenvalue weighted by Gasteiger charge is -2.03. The first kappa shape index (κ1) is 14.7. The Morgan fingerprint density at radius 1 is 1.36 bits per heavy atom. The number of hydrogen-bond acceptors (Lipinski definition) is 4. The second-order valence-corrected chi connectivity index (χ2v) is 5.98. The smallest absolute Gasteiger partial charge is 0.272 e. The van der Waals surface area contributed by atoms with Crippen LogP contribution in [0.4, 0.5) is 0 Å². The molecule has 7 nitrogen and oxygen atoms in total. The molecule has 0 saturated carbocycles. The fourth-order valence-corrected chi connectivity index (χ4v) is 2.59. The van der Waals surface area contributed by atoms with Crippen LogP contribution in [-0.4, -0.2) is 30.3 Å². The van der Waals surface area contributed by atoms with E-state index in [4.69, 9.17) is 0 Å². The molecule has 3 heterocycles. The van der Waals surface area contributed by atoms with Gasteiger partial charge in [0.05, 0.1) is 10.2 Å². The van der Waals surface area contributed by atoms with Crippen LogP contribution < -0.4 is 5.32 Å². The molecule has 3 rings (SSSR count). The van der Waals surface area contributed by atoms with Gasteiger partial charge in [-0.3, -0.25) is 9.48 Å². The third-order valence-corrected chi connectivity index (χ3v) is 4.01. The summed E-state index contributed by atoms with van der Waals surface area (Å²) in [6, 6.07) is 1.66. The standard InChI is InChI=1S/C14H15BrN6O/c1-8-11(9(2)20(3)18-8)6-17-14(22)12-4-13-16-5-10(15)7-21(13)19-12/h4-5,7H,6H2,1-3H3,(H,17,22). The number of carbonyl (C=O) groups is 1. The van der Waals surface area contributed by atoms with Crippen molar-refractivity contribution < 1.29 is 4.79 Å². The lowest BCUT2D eigenvalue weighted by Crippen LogP contribution is -2.23. The molecule has 0 bridgehead atoms. The monoisotopic (exact) mass is 362 g/mol. The van der Waals surface area contributed by atoms with Gasteiger partial charge in [-0.1, -0.05) is 0 Å². The van der Waals surface area contributed by atoms with Gasteiger partial charge in [-0.25, -0.2) is 9.50 Å². The molecule has 0 aliphatic carbocycles. The Bertz CT molecular complexity index is 866. The van der Waals surface area contributed by atoms with Crippen LogP contribution in [0.1, 0.15) is 27.4 Å². The predicted octanol–water partition coefficient (Wildman–Crippen LogP) is 1.77. The van der Waals surface area contributed by atoms with Crippen LogP contribution in [0.25, 0.3) is 5.65 Å². The molecule has 22 heavy (non-hydrogen) atoms. The zero-order chi connectivity index (χ0) is 15.9. The highest BCUT2D eigenvalue weighted by Crippen LogP contribution is 2.13. The first-order valence-corrected chi connectivity index (χ1v) is 7.53. The van der Waals surface area contributed by atoms with Gasteiger partial charge in [0.25, 0.3) is 5.91 Å². The van der Waals surface area contributed by atoms with Crippen LogP contribution in [-0.2, 0) is 13.6 Å². The molecular weight excluding hydrogens is 348 g/mol. The molecule has 3 aromatic rings. The Morgan fingerprint density at radius 3 is 2.82 bits per heavy atom. The first-order chi connectivity index (χ1) is 10.5. The Hall–Kier alpha value is -2.22. The van der Waals surface area contributed by atoms with Crippen molar-refractivity contribution in [2.24, 2.45) is 7.05 Å². The molecule has 1 amide bonds. The van der Waals surface area contributed by atoms with Gasteiger partial charge >= 0.3 is 0 Å². The second kappa shape index (κ2) is 5.53. The van der Waals surface area contributed by atoms with E-state index in [1.54, 1.807) is 23.0 Å². The zero-order valence-corrected chi connectivity index (χ0v) is 14.0. The van der Waals surface area contributed by atoms with Gasteiger partial charge in [-0.05, 0) is 29.8 Å².